The molecule has 22 heavy (non-hydrogen) atoms. The fourth-order valence-corrected chi connectivity index (χ4v) is 3.46. The summed E-state index contributed by atoms with van der Waals surface area (Å²) in [5, 5.41) is 4.32. The second kappa shape index (κ2) is 6.37. The van der Waals surface area contributed by atoms with Crippen LogP contribution in [0.2, 0.25) is 0 Å². The molecule has 6 heteroatoms. The maximum Gasteiger partial charge on any atom is 0.138 e. The van der Waals surface area contributed by atoms with Crippen LogP contribution in [0.15, 0.2) is 30.6 Å². The van der Waals surface area contributed by atoms with Gasteiger partial charge < -0.3 is 11.1 Å². The molecule has 0 atom stereocenters. The number of nitrogens with zero attached hydrogens (tertiary/aromatic N) is 2. The average Bonchev–Trinajstić information content (AvgIpc) is 2.85. The Balaban J connectivity index is 2.12. The lowest BCUT2D eigenvalue weighted by molar-refractivity contribution is 0.628. The number of hydrogen-bond acceptors (Lipinski definition) is 5. The van der Waals surface area contributed by atoms with Crippen LogP contribution in [0, 0.1) is 12.7 Å². The van der Waals surface area contributed by atoms with Crippen molar-refractivity contribution in [3.8, 4) is 11.1 Å². The number of aromatic nitrogens is 2. The van der Waals surface area contributed by atoms with Gasteiger partial charge in [0.1, 0.15) is 22.8 Å². The van der Waals surface area contributed by atoms with Crippen LogP contribution in [0.5, 0.6) is 0 Å². The highest BCUT2D eigenvalue weighted by molar-refractivity contribution is 7.19. The Kier molecular flexibility index (Phi) is 4.31. The van der Waals surface area contributed by atoms with E-state index in [1.54, 1.807) is 29.8 Å². The first-order valence-electron chi connectivity index (χ1n) is 7.14. The molecule has 114 valence electrons. The molecular weight excluding hydrogens is 299 g/mol. The summed E-state index contributed by atoms with van der Waals surface area (Å²) in [7, 11) is 0. The highest BCUT2D eigenvalue weighted by Gasteiger charge is 2.16. The summed E-state index contributed by atoms with van der Waals surface area (Å²) in [6.07, 6.45) is 2.44. The Morgan fingerprint density at radius 3 is 2.73 bits per heavy atom. The smallest absolute Gasteiger partial charge is 0.138 e. The molecule has 2 heterocycles. The summed E-state index contributed by atoms with van der Waals surface area (Å²) in [6.45, 7) is 3.45. The van der Waals surface area contributed by atoms with Gasteiger partial charge >= 0.3 is 0 Å². The molecule has 0 bridgehead atoms. The van der Waals surface area contributed by atoms with Crippen LogP contribution < -0.4 is 11.1 Å². The number of rotatable bonds is 5. The van der Waals surface area contributed by atoms with Crippen molar-refractivity contribution in [2.75, 3.05) is 18.4 Å². The number of halogens is 1. The Morgan fingerprint density at radius 2 is 2.00 bits per heavy atom. The van der Waals surface area contributed by atoms with Crippen LogP contribution in [0.25, 0.3) is 21.3 Å². The molecule has 0 aliphatic heterocycles. The monoisotopic (exact) mass is 316 g/mol. The van der Waals surface area contributed by atoms with E-state index in [1.165, 1.54) is 12.1 Å². The highest BCUT2D eigenvalue weighted by atomic mass is 32.1. The number of nitrogens with two attached hydrogens (primary N) is 1. The number of hydrogen-bond donors (Lipinski definition) is 2. The molecule has 0 aliphatic rings. The van der Waals surface area contributed by atoms with Gasteiger partial charge in [0, 0.05) is 17.0 Å². The van der Waals surface area contributed by atoms with E-state index in [0.29, 0.717) is 6.54 Å². The topological polar surface area (TPSA) is 63.8 Å². The van der Waals surface area contributed by atoms with Gasteiger partial charge in [-0.1, -0.05) is 12.1 Å². The summed E-state index contributed by atoms with van der Waals surface area (Å²) in [5.41, 5.74) is 7.58. The van der Waals surface area contributed by atoms with Gasteiger partial charge in [-0.25, -0.2) is 14.4 Å². The Hall–Kier alpha value is -2.05. The van der Waals surface area contributed by atoms with Crippen molar-refractivity contribution in [2.24, 2.45) is 5.73 Å². The van der Waals surface area contributed by atoms with Crippen molar-refractivity contribution < 1.29 is 4.39 Å². The van der Waals surface area contributed by atoms with Crippen LogP contribution >= 0.6 is 11.3 Å². The van der Waals surface area contributed by atoms with E-state index < -0.39 is 0 Å². The molecular formula is C16H17FN4S. The standard InChI is InChI=1S/C16H17FN4S/c1-10-13(11-3-5-12(17)6-4-11)14-15(19-8-2-7-18)20-9-21-16(14)22-10/h3-6,9H,2,7-8,18H2,1H3,(H,19,20,21). The van der Waals surface area contributed by atoms with E-state index in [0.717, 1.165) is 45.0 Å². The van der Waals surface area contributed by atoms with Gasteiger partial charge in [0.15, 0.2) is 0 Å². The van der Waals surface area contributed by atoms with E-state index in [2.05, 4.69) is 22.2 Å². The first kappa shape index (κ1) is 14.9. The first-order chi connectivity index (χ1) is 10.7. The number of thiophene rings is 1. The van der Waals surface area contributed by atoms with Crippen molar-refractivity contribution in [3.63, 3.8) is 0 Å². The minimum absolute atomic E-state index is 0.238. The van der Waals surface area contributed by atoms with Crippen LogP contribution in [0.1, 0.15) is 11.3 Å². The van der Waals surface area contributed by atoms with Crippen molar-refractivity contribution in [2.45, 2.75) is 13.3 Å². The van der Waals surface area contributed by atoms with E-state index in [9.17, 15) is 4.39 Å². The highest BCUT2D eigenvalue weighted by Crippen LogP contribution is 2.40. The van der Waals surface area contributed by atoms with Gasteiger partial charge in [0.2, 0.25) is 0 Å². The summed E-state index contributed by atoms with van der Waals surface area (Å²) >= 11 is 1.62. The van der Waals surface area contributed by atoms with Crippen molar-refractivity contribution in [1.29, 1.82) is 0 Å². The summed E-state index contributed by atoms with van der Waals surface area (Å²) < 4.78 is 13.2. The number of aryl methyl sites for hydroxylation is 1. The molecule has 0 amide bonds. The zero-order chi connectivity index (χ0) is 15.5. The maximum absolute atomic E-state index is 13.2. The summed E-state index contributed by atoms with van der Waals surface area (Å²) in [4.78, 5) is 10.8. The van der Waals surface area contributed by atoms with Crippen LogP contribution in [0.4, 0.5) is 10.2 Å². The van der Waals surface area contributed by atoms with E-state index in [4.69, 9.17) is 5.73 Å². The molecule has 0 fully saturated rings. The average molecular weight is 316 g/mol. The van der Waals surface area contributed by atoms with Crippen molar-refractivity contribution in [3.05, 3.63) is 41.3 Å². The normalized spacial score (nSPS) is 11.0. The SMILES string of the molecule is Cc1sc2ncnc(NCCCN)c2c1-c1ccc(F)cc1. The molecule has 0 saturated carbocycles. The lowest BCUT2D eigenvalue weighted by atomic mass is 10.0. The molecule has 0 radical (unpaired) electrons. The van der Waals surface area contributed by atoms with Crippen LogP contribution in [-0.4, -0.2) is 23.1 Å². The predicted molar refractivity (Wildman–Crippen MR) is 89.7 cm³/mol. The van der Waals surface area contributed by atoms with E-state index in [1.807, 2.05) is 0 Å². The Bertz CT molecular complexity index is 783. The second-order valence-corrected chi connectivity index (χ2v) is 6.21. The van der Waals surface area contributed by atoms with Gasteiger partial charge in [-0.3, -0.25) is 0 Å². The van der Waals surface area contributed by atoms with Gasteiger partial charge in [-0.15, -0.1) is 11.3 Å². The summed E-state index contributed by atoms with van der Waals surface area (Å²) in [6, 6.07) is 6.54. The second-order valence-electron chi connectivity index (χ2n) is 5.01. The largest absolute Gasteiger partial charge is 0.369 e. The lowest BCUT2D eigenvalue weighted by Gasteiger charge is -2.08. The Labute approximate surface area is 132 Å². The third-order valence-corrected chi connectivity index (χ3v) is 4.48. The molecule has 0 saturated heterocycles. The number of fused-ring (bicyclic) bond motifs is 1. The molecule has 1 aromatic carbocycles. The molecule has 3 N–H and O–H groups in total. The first-order valence-corrected chi connectivity index (χ1v) is 7.96. The molecule has 2 aromatic heterocycles. The zero-order valence-electron chi connectivity index (χ0n) is 12.3. The Morgan fingerprint density at radius 1 is 1.23 bits per heavy atom. The lowest BCUT2D eigenvalue weighted by Crippen LogP contribution is -2.09. The van der Waals surface area contributed by atoms with Gasteiger partial charge in [-0.2, -0.15) is 0 Å². The number of benzene rings is 1. The van der Waals surface area contributed by atoms with E-state index in [-0.39, 0.29) is 5.82 Å². The number of anilines is 1. The molecule has 0 aliphatic carbocycles. The van der Waals surface area contributed by atoms with Crippen molar-refractivity contribution in [1.82, 2.24) is 9.97 Å². The molecule has 0 unspecified atom stereocenters. The molecule has 0 spiro atoms. The molecule has 3 rings (SSSR count). The minimum Gasteiger partial charge on any atom is -0.369 e. The van der Waals surface area contributed by atoms with Gasteiger partial charge in [-0.05, 0) is 37.6 Å². The number of nitrogens with one attached hydrogen (secondary N) is 1. The third-order valence-electron chi connectivity index (χ3n) is 3.47. The molecule has 4 nitrogen and oxygen atoms in total. The van der Waals surface area contributed by atoms with E-state index >= 15 is 0 Å². The fraction of sp³-hybridized carbons (Fsp3) is 0.250. The minimum atomic E-state index is -0.238. The maximum atomic E-state index is 13.2. The predicted octanol–water partition coefficient (Wildman–Crippen LogP) is 3.57. The summed E-state index contributed by atoms with van der Waals surface area (Å²) in [5.74, 6) is 0.570. The zero-order valence-corrected chi connectivity index (χ0v) is 13.1. The quantitative estimate of drug-likeness (QED) is 0.706. The van der Waals surface area contributed by atoms with Crippen molar-refractivity contribution >= 4 is 27.4 Å². The van der Waals surface area contributed by atoms with Crippen LogP contribution in [0.3, 0.4) is 0 Å². The van der Waals surface area contributed by atoms with Gasteiger partial charge in [0.05, 0.1) is 5.39 Å². The van der Waals surface area contributed by atoms with Crippen LogP contribution in [-0.2, 0) is 0 Å². The molecule has 3 aromatic rings. The third kappa shape index (κ3) is 2.80. The van der Waals surface area contributed by atoms with Gasteiger partial charge in [0.25, 0.3) is 0 Å². The fourth-order valence-electron chi connectivity index (χ4n) is 2.45.